The molecule has 1 N–H and O–H groups in total. The lowest BCUT2D eigenvalue weighted by Crippen LogP contribution is -1.99. The van der Waals surface area contributed by atoms with Gasteiger partial charge in [0.2, 0.25) is 5.88 Å². The zero-order valence-electron chi connectivity index (χ0n) is 16.5. The number of hydrogen-bond acceptors (Lipinski definition) is 6. The molecule has 0 saturated carbocycles. The van der Waals surface area contributed by atoms with Crippen LogP contribution in [0, 0.1) is 13.8 Å². The van der Waals surface area contributed by atoms with Crippen molar-refractivity contribution in [3.63, 3.8) is 0 Å². The average Bonchev–Trinajstić information content (AvgIpc) is 3.21. The second-order valence-electron chi connectivity index (χ2n) is 6.51. The zero-order valence-corrected chi connectivity index (χ0v) is 17.3. The van der Waals surface area contributed by atoms with E-state index < -0.39 is 5.97 Å². The van der Waals surface area contributed by atoms with Crippen molar-refractivity contribution < 1.29 is 19.4 Å². The lowest BCUT2D eigenvalue weighted by Gasteiger charge is -2.13. The van der Waals surface area contributed by atoms with Gasteiger partial charge in [-0.1, -0.05) is 6.92 Å². The predicted octanol–water partition coefficient (Wildman–Crippen LogP) is 5.40. The molecular formula is C22H22N2O4S. The number of benzene rings is 1. The summed E-state index contributed by atoms with van der Waals surface area (Å²) in [5.74, 6) is 0.906. The first-order chi connectivity index (χ1) is 14.0. The third-order valence-electron chi connectivity index (χ3n) is 4.27. The summed E-state index contributed by atoms with van der Waals surface area (Å²) in [6.45, 7) is 6.08. The van der Waals surface area contributed by atoms with Crippen LogP contribution in [0.1, 0.15) is 35.7 Å². The molecule has 0 amide bonds. The molecule has 150 valence electrons. The second kappa shape index (κ2) is 9.34. The minimum absolute atomic E-state index is 0.368. The lowest BCUT2D eigenvalue weighted by atomic mass is 10.0. The number of carboxylic acid groups (broad SMARTS) is 1. The van der Waals surface area contributed by atoms with E-state index in [0.717, 1.165) is 22.4 Å². The first-order valence-corrected chi connectivity index (χ1v) is 10.1. The third kappa shape index (κ3) is 5.42. The minimum Gasteiger partial charge on any atom is -0.486 e. The molecule has 0 atom stereocenters. The number of aliphatic carboxylic acids is 1. The van der Waals surface area contributed by atoms with Crippen molar-refractivity contribution in [2.75, 3.05) is 0 Å². The SMILES string of the molecule is CCC(=Cc1cc(C)c(Oc2ccc(OCc3cscn3)cn2)c(C)c1)C(=O)O. The number of rotatable bonds is 8. The van der Waals surface area contributed by atoms with Gasteiger partial charge in [0.15, 0.2) is 0 Å². The summed E-state index contributed by atoms with van der Waals surface area (Å²) >= 11 is 1.53. The van der Waals surface area contributed by atoms with Crippen LogP contribution in [0.3, 0.4) is 0 Å². The van der Waals surface area contributed by atoms with E-state index in [-0.39, 0.29) is 0 Å². The maximum atomic E-state index is 11.2. The molecule has 1 aromatic carbocycles. The normalized spacial score (nSPS) is 11.3. The van der Waals surface area contributed by atoms with Gasteiger partial charge in [-0.3, -0.25) is 0 Å². The van der Waals surface area contributed by atoms with Crippen LogP contribution >= 0.6 is 11.3 Å². The number of aromatic nitrogens is 2. The lowest BCUT2D eigenvalue weighted by molar-refractivity contribution is -0.132. The van der Waals surface area contributed by atoms with Gasteiger partial charge in [-0.15, -0.1) is 11.3 Å². The molecule has 6 nitrogen and oxygen atoms in total. The number of carboxylic acids is 1. The van der Waals surface area contributed by atoms with Gasteiger partial charge in [-0.25, -0.2) is 14.8 Å². The van der Waals surface area contributed by atoms with Gasteiger partial charge in [0.1, 0.15) is 18.1 Å². The van der Waals surface area contributed by atoms with Crippen LogP contribution in [-0.4, -0.2) is 21.0 Å². The molecule has 0 aliphatic carbocycles. The van der Waals surface area contributed by atoms with E-state index in [1.807, 2.05) is 38.3 Å². The van der Waals surface area contributed by atoms with Crippen molar-refractivity contribution in [3.05, 3.63) is 69.3 Å². The fraction of sp³-hybridized carbons (Fsp3) is 0.227. The highest BCUT2D eigenvalue weighted by molar-refractivity contribution is 7.07. The Labute approximate surface area is 173 Å². The summed E-state index contributed by atoms with van der Waals surface area (Å²) < 4.78 is 11.6. The summed E-state index contributed by atoms with van der Waals surface area (Å²) in [5.41, 5.74) is 5.66. The van der Waals surface area contributed by atoms with Gasteiger partial charge >= 0.3 is 5.97 Å². The standard InChI is InChI=1S/C22H22N2O4S/c1-4-17(22(25)26)9-16-7-14(2)21(15(3)8-16)28-20-6-5-19(10-23-20)27-11-18-12-29-13-24-18/h5-10,12-13H,4,11H2,1-3H3,(H,25,26). The highest BCUT2D eigenvalue weighted by Crippen LogP contribution is 2.30. The second-order valence-corrected chi connectivity index (χ2v) is 7.23. The molecule has 3 rings (SSSR count). The first-order valence-electron chi connectivity index (χ1n) is 9.15. The Bertz CT molecular complexity index is 989. The largest absolute Gasteiger partial charge is 0.486 e. The van der Waals surface area contributed by atoms with Crippen molar-refractivity contribution in [3.8, 4) is 17.4 Å². The number of ether oxygens (including phenoxy) is 2. The number of thiazole rings is 1. The van der Waals surface area contributed by atoms with Gasteiger partial charge in [-0.05, 0) is 61.2 Å². The minimum atomic E-state index is -0.899. The molecule has 0 saturated heterocycles. The highest BCUT2D eigenvalue weighted by atomic mass is 32.1. The Kier molecular flexibility index (Phi) is 6.61. The molecule has 0 aliphatic rings. The van der Waals surface area contributed by atoms with Gasteiger partial charge < -0.3 is 14.6 Å². The maximum absolute atomic E-state index is 11.2. The van der Waals surface area contributed by atoms with E-state index >= 15 is 0 Å². The molecule has 0 unspecified atom stereocenters. The van der Waals surface area contributed by atoms with Crippen LogP contribution in [0.5, 0.6) is 17.4 Å². The monoisotopic (exact) mass is 410 g/mol. The van der Waals surface area contributed by atoms with E-state index in [2.05, 4.69) is 9.97 Å². The highest BCUT2D eigenvalue weighted by Gasteiger charge is 2.10. The number of carbonyl (C=O) groups is 1. The van der Waals surface area contributed by atoms with E-state index in [1.165, 1.54) is 11.3 Å². The topological polar surface area (TPSA) is 81.5 Å². The molecule has 0 spiro atoms. The van der Waals surface area contributed by atoms with Crippen LogP contribution in [0.15, 0.2) is 46.9 Å². The Hall–Kier alpha value is -3.19. The average molecular weight is 410 g/mol. The summed E-state index contributed by atoms with van der Waals surface area (Å²) in [6.07, 6.45) is 3.77. The van der Waals surface area contributed by atoms with Gasteiger partial charge in [0.05, 0.1) is 17.4 Å². The van der Waals surface area contributed by atoms with Crippen LogP contribution in [0.2, 0.25) is 0 Å². The van der Waals surface area contributed by atoms with Crippen LogP contribution in [-0.2, 0) is 11.4 Å². The number of hydrogen-bond donors (Lipinski definition) is 1. The molecular weight excluding hydrogens is 388 g/mol. The van der Waals surface area contributed by atoms with Crippen molar-refractivity contribution >= 4 is 23.4 Å². The first kappa shape index (κ1) is 20.5. The summed E-state index contributed by atoms with van der Waals surface area (Å²) in [4.78, 5) is 19.7. The zero-order chi connectivity index (χ0) is 20.8. The van der Waals surface area contributed by atoms with E-state index in [4.69, 9.17) is 9.47 Å². The van der Waals surface area contributed by atoms with Crippen LogP contribution in [0.4, 0.5) is 0 Å². The maximum Gasteiger partial charge on any atom is 0.331 e. The number of pyridine rings is 1. The number of nitrogens with zero attached hydrogens (tertiary/aromatic N) is 2. The smallest absolute Gasteiger partial charge is 0.331 e. The fourth-order valence-electron chi connectivity index (χ4n) is 2.83. The predicted molar refractivity (Wildman–Crippen MR) is 113 cm³/mol. The molecule has 0 aliphatic heterocycles. The molecule has 3 aromatic rings. The van der Waals surface area contributed by atoms with Crippen molar-refractivity contribution in [2.24, 2.45) is 0 Å². The third-order valence-corrected chi connectivity index (χ3v) is 4.90. The van der Waals surface area contributed by atoms with Crippen molar-refractivity contribution in [1.82, 2.24) is 9.97 Å². The number of aryl methyl sites for hydroxylation is 2. The molecule has 0 radical (unpaired) electrons. The molecule has 0 bridgehead atoms. The summed E-state index contributed by atoms with van der Waals surface area (Å²) in [5, 5.41) is 11.2. The summed E-state index contributed by atoms with van der Waals surface area (Å²) in [6, 6.07) is 7.37. The summed E-state index contributed by atoms with van der Waals surface area (Å²) in [7, 11) is 0. The van der Waals surface area contributed by atoms with E-state index in [1.54, 1.807) is 29.9 Å². The van der Waals surface area contributed by atoms with Gasteiger partial charge in [0, 0.05) is 17.0 Å². The molecule has 7 heteroatoms. The fourth-order valence-corrected chi connectivity index (χ4v) is 3.37. The Morgan fingerprint density at radius 1 is 1.21 bits per heavy atom. The molecule has 2 heterocycles. The van der Waals surface area contributed by atoms with Crippen molar-refractivity contribution in [2.45, 2.75) is 33.8 Å². The molecule has 2 aromatic heterocycles. The Morgan fingerprint density at radius 3 is 2.52 bits per heavy atom. The van der Waals surface area contributed by atoms with Gasteiger partial charge in [0.25, 0.3) is 0 Å². The van der Waals surface area contributed by atoms with Crippen LogP contribution in [0.25, 0.3) is 6.08 Å². The van der Waals surface area contributed by atoms with Crippen LogP contribution < -0.4 is 9.47 Å². The quantitative estimate of drug-likeness (QED) is 0.501. The van der Waals surface area contributed by atoms with Gasteiger partial charge in [-0.2, -0.15) is 0 Å². The Balaban J connectivity index is 1.72. The molecule has 29 heavy (non-hydrogen) atoms. The molecule has 0 fully saturated rings. The van der Waals surface area contributed by atoms with E-state index in [0.29, 0.717) is 36.0 Å². The van der Waals surface area contributed by atoms with Crippen molar-refractivity contribution in [1.29, 1.82) is 0 Å². The Morgan fingerprint density at radius 2 is 1.97 bits per heavy atom. The van der Waals surface area contributed by atoms with E-state index in [9.17, 15) is 9.90 Å².